The van der Waals surface area contributed by atoms with Gasteiger partial charge in [0.15, 0.2) is 0 Å². The standard InChI is InChI=1S/C24H24ClNO2/c1-2-6-18-15-17-7-3-4-10-21(17)23(18)11-13-24(14-12-23,22(27)28)26-20-9-5-8-19(25)16-20/h2-10,15-16,26H,11-14H2,1H3,(H,27,28)/b6-2+. The predicted molar refractivity (Wildman–Crippen MR) is 115 cm³/mol. The first-order valence-electron chi connectivity index (χ1n) is 9.71. The summed E-state index contributed by atoms with van der Waals surface area (Å²) < 4.78 is 0. The topological polar surface area (TPSA) is 49.3 Å². The molecule has 3 nitrogen and oxygen atoms in total. The third-order valence-corrected chi connectivity index (χ3v) is 6.50. The Morgan fingerprint density at radius 2 is 1.86 bits per heavy atom. The Morgan fingerprint density at radius 3 is 2.54 bits per heavy atom. The molecule has 4 heteroatoms. The van der Waals surface area contributed by atoms with Gasteiger partial charge in [-0.3, -0.25) is 0 Å². The Labute approximate surface area is 170 Å². The molecule has 4 rings (SSSR count). The van der Waals surface area contributed by atoms with E-state index >= 15 is 0 Å². The first-order chi connectivity index (χ1) is 13.5. The molecule has 2 aliphatic rings. The number of carboxylic acids is 1. The number of fused-ring (bicyclic) bond motifs is 2. The molecular formula is C24H24ClNO2. The maximum absolute atomic E-state index is 12.3. The Morgan fingerprint density at radius 1 is 1.11 bits per heavy atom. The summed E-state index contributed by atoms with van der Waals surface area (Å²) in [7, 11) is 0. The van der Waals surface area contributed by atoms with Gasteiger partial charge in [-0.2, -0.15) is 0 Å². The van der Waals surface area contributed by atoms with Crippen LogP contribution in [0.15, 0.2) is 66.3 Å². The predicted octanol–water partition coefficient (Wildman–Crippen LogP) is 6.06. The molecule has 1 fully saturated rings. The average Bonchev–Trinajstić information content (AvgIpc) is 2.97. The van der Waals surface area contributed by atoms with E-state index in [-0.39, 0.29) is 5.41 Å². The van der Waals surface area contributed by atoms with Gasteiger partial charge in [0, 0.05) is 16.1 Å². The summed E-state index contributed by atoms with van der Waals surface area (Å²) in [6.07, 6.45) is 9.20. The third kappa shape index (κ3) is 3.04. The van der Waals surface area contributed by atoms with Gasteiger partial charge in [0.2, 0.25) is 0 Å². The molecule has 1 spiro atoms. The van der Waals surface area contributed by atoms with Crippen LogP contribution in [-0.2, 0) is 10.2 Å². The average molecular weight is 394 g/mol. The second-order valence-corrected chi connectivity index (χ2v) is 8.23. The molecule has 28 heavy (non-hydrogen) atoms. The van der Waals surface area contributed by atoms with E-state index < -0.39 is 11.5 Å². The van der Waals surface area contributed by atoms with E-state index in [1.54, 1.807) is 12.1 Å². The normalized spacial score (nSPS) is 26.3. The number of carboxylic acid groups (broad SMARTS) is 1. The first kappa shape index (κ1) is 18.8. The van der Waals surface area contributed by atoms with Gasteiger partial charge in [0.05, 0.1) is 0 Å². The molecule has 144 valence electrons. The molecule has 0 unspecified atom stereocenters. The smallest absolute Gasteiger partial charge is 0.329 e. The van der Waals surface area contributed by atoms with E-state index in [9.17, 15) is 9.90 Å². The van der Waals surface area contributed by atoms with Gasteiger partial charge in [-0.1, -0.05) is 60.2 Å². The molecule has 1 saturated carbocycles. The van der Waals surface area contributed by atoms with Gasteiger partial charge >= 0.3 is 5.97 Å². The zero-order chi connectivity index (χ0) is 19.8. The third-order valence-electron chi connectivity index (χ3n) is 6.26. The maximum Gasteiger partial charge on any atom is 0.329 e. The summed E-state index contributed by atoms with van der Waals surface area (Å²) in [6.45, 7) is 2.03. The second kappa shape index (κ2) is 7.14. The Bertz CT molecular complexity index is 968. The van der Waals surface area contributed by atoms with Crippen LogP contribution in [-0.4, -0.2) is 16.6 Å². The van der Waals surface area contributed by atoms with Crippen LogP contribution in [0.25, 0.3) is 6.08 Å². The molecule has 0 saturated heterocycles. The zero-order valence-electron chi connectivity index (χ0n) is 15.9. The number of aliphatic carboxylic acids is 1. The van der Waals surface area contributed by atoms with E-state index in [0.29, 0.717) is 17.9 Å². The maximum atomic E-state index is 12.3. The van der Waals surface area contributed by atoms with Crippen molar-refractivity contribution in [3.8, 4) is 0 Å². The SMILES string of the molecule is C/C=C/C1=Cc2ccccc2C12CCC(Nc1cccc(Cl)c1)(C(=O)O)CC2. The van der Waals surface area contributed by atoms with Crippen molar-refractivity contribution in [2.45, 2.75) is 43.6 Å². The van der Waals surface area contributed by atoms with Crippen LogP contribution < -0.4 is 5.32 Å². The summed E-state index contributed by atoms with van der Waals surface area (Å²) in [5.41, 5.74) is 3.54. The lowest BCUT2D eigenvalue weighted by Gasteiger charge is -2.45. The summed E-state index contributed by atoms with van der Waals surface area (Å²) in [5, 5.41) is 14.0. The fraction of sp³-hybridized carbons (Fsp3) is 0.292. The van der Waals surface area contributed by atoms with Crippen LogP contribution >= 0.6 is 11.6 Å². The molecule has 0 heterocycles. The Hall–Kier alpha value is -2.52. The molecule has 0 aliphatic heterocycles. The van der Waals surface area contributed by atoms with Crippen molar-refractivity contribution < 1.29 is 9.90 Å². The van der Waals surface area contributed by atoms with Crippen LogP contribution in [0, 0.1) is 0 Å². The van der Waals surface area contributed by atoms with Crippen molar-refractivity contribution in [3.05, 3.63) is 82.4 Å². The van der Waals surface area contributed by atoms with Gasteiger partial charge in [0.25, 0.3) is 0 Å². The van der Waals surface area contributed by atoms with Crippen molar-refractivity contribution in [1.29, 1.82) is 0 Å². The molecule has 0 aromatic heterocycles. The molecule has 0 atom stereocenters. The number of benzene rings is 2. The number of allylic oxidation sites excluding steroid dienone is 3. The molecule has 2 aromatic carbocycles. The Kier molecular flexibility index (Phi) is 4.80. The van der Waals surface area contributed by atoms with Gasteiger partial charge in [0.1, 0.15) is 5.54 Å². The van der Waals surface area contributed by atoms with Crippen molar-refractivity contribution in [1.82, 2.24) is 0 Å². The van der Waals surface area contributed by atoms with E-state index in [1.165, 1.54) is 16.7 Å². The molecule has 2 aromatic rings. The highest BCUT2D eigenvalue weighted by Gasteiger charge is 2.50. The molecular weight excluding hydrogens is 370 g/mol. The number of rotatable bonds is 4. The van der Waals surface area contributed by atoms with Gasteiger partial charge < -0.3 is 10.4 Å². The van der Waals surface area contributed by atoms with Crippen LogP contribution in [0.1, 0.15) is 43.7 Å². The number of carbonyl (C=O) groups is 1. The summed E-state index contributed by atoms with van der Waals surface area (Å²) in [5.74, 6) is -0.801. The Balaban J connectivity index is 1.66. The molecule has 0 amide bonds. The molecule has 0 bridgehead atoms. The summed E-state index contributed by atoms with van der Waals surface area (Å²) in [4.78, 5) is 12.3. The highest BCUT2D eigenvalue weighted by atomic mass is 35.5. The number of anilines is 1. The van der Waals surface area contributed by atoms with E-state index in [4.69, 9.17) is 11.6 Å². The highest BCUT2D eigenvalue weighted by molar-refractivity contribution is 6.30. The first-order valence-corrected chi connectivity index (χ1v) is 10.1. The number of nitrogens with one attached hydrogen (secondary N) is 1. The minimum absolute atomic E-state index is 0.0991. The van der Waals surface area contributed by atoms with Crippen molar-refractivity contribution >= 4 is 29.3 Å². The largest absolute Gasteiger partial charge is 0.480 e. The number of halogens is 1. The lowest BCUT2D eigenvalue weighted by molar-refractivity contribution is -0.143. The van der Waals surface area contributed by atoms with Crippen LogP contribution in [0.2, 0.25) is 5.02 Å². The van der Waals surface area contributed by atoms with Crippen LogP contribution in [0.5, 0.6) is 0 Å². The van der Waals surface area contributed by atoms with E-state index in [2.05, 4.69) is 47.8 Å². The van der Waals surface area contributed by atoms with Crippen LogP contribution in [0.4, 0.5) is 5.69 Å². The van der Waals surface area contributed by atoms with Crippen LogP contribution in [0.3, 0.4) is 0 Å². The fourth-order valence-electron chi connectivity index (χ4n) is 4.80. The molecule has 0 radical (unpaired) electrons. The van der Waals surface area contributed by atoms with E-state index in [1.807, 2.05) is 19.1 Å². The van der Waals surface area contributed by atoms with Crippen molar-refractivity contribution in [2.75, 3.05) is 5.32 Å². The van der Waals surface area contributed by atoms with E-state index in [0.717, 1.165) is 18.5 Å². The lowest BCUT2D eigenvalue weighted by Crippen LogP contribution is -2.52. The minimum atomic E-state index is -0.978. The second-order valence-electron chi connectivity index (χ2n) is 7.79. The van der Waals surface area contributed by atoms with Gasteiger partial charge in [-0.05, 0) is 67.5 Å². The number of hydrogen-bond donors (Lipinski definition) is 2. The molecule has 2 N–H and O–H groups in total. The summed E-state index contributed by atoms with van der Waals surface area (Å²) >= 11 is 6.09. The zero-order valence-corrected chi connectivity index (χ0v) is 16.7. The van der Waals surface area contributed by atoms with Crippen molar-refractivity contribution in [3.63, 3.8) is 0 Å². The lowest BCUT2D eigenvalue weighted by atomic mass is 9.62. The molecule has 2 aliphatic carbocycles. The highest BCUT2D eigenvalue weighted by Crippen LogP contribution is 2.53. The monoisotopic (exact) mass is 393 g/mol. The number of hydrogen-bond acceptors (Lipinski definition) is 2. The summed E-state index contributed by atoms with van der Waals surface area (Å²) in [6, 6.07) is 15.8. The van der Waals surface area contributed by atoms with Crippen molar-refractivity contribution in [2.24, 2.45) is 0 Å². The minimum Gasteiger partial charge on any atom is -0.480 e. The van der Waals surface area contributed by atoms with Gasteiger partial charge in [-0.15, -0.1) is 0 Å². The fourth-order valence-corrected chi connectivity index (χ4v) is 4.99. The van der Waals surface area contributed by atoms with Gasteiger partial charge in [-0.25, -0.2) is 4.79 Å². The quantitative estimate of drug-likeness (QED) is 0.663.